The van der Waals surface area contributed by atoms with E-state index in [9.17, 15) is 9.59 Å². The van der Waals surface area contributed by atoms with Crippen LogP contribution in [0.25, 0.3) is 21.9 Å². The highest BCUT2D eigenvalue weighted by molar-refractivity contribution is 5.95. The second-order valence-corrected chi connectivity index (χ2v) is 7.07. The Labute approximate surface area is 173 Å². The molecule has 0 aliphatic carbocycles. The maximum absolute atomic E-state index is 13.2. The third-order valence-corrected chi connectivity index (χ3v) is 4.97. The van der Waals surface area contributed by atoms with Crippen molar-refractivity contribution < 1.29 is 18.7 Å². The Morgan fingerprint density at radius 2 is 1.70 bits per heavy atom. The Hall–Kier alpha value is -3.60. The summed E-state index contributed by atoms with van der Waals surface area (Å²) >= 11 is 0. The number of hydrogen-bond acceptors (Lipinski definition) is 5. The highest BCUT2D eigenvalue weighted by atomic mass is 16.5. The van der Waals surface area contributed by atoms with Crippen molar-refractivity contribution in [1.29, 1.82) is 0 Å². The van der Waals surface area contributed by atoms with E-state index in [-0.39, 0.29) is 17.8 Å². The minimum absolute atomic E-state index is 0.0334. The lowest BCUT2D eigenvalue weighted by molar-refractivity contribution is -0.142. The van der Waals surface area contributed by atoms with E-state index in [4.69, 9.17) is 13.9 Å². The predicted octanol–water partition coefficient (Wildman–Crippen LogP) is 4.94. The SMILES string of the molecule is CCOC(=O)Cc1cccc2c(=O)c3ccc(C)c(OCc4ccccc4)c3oc12. The Kier molecular flexibility index (Phi) is 5.53. The molecule has 0 radical (unpaired) electrons. The topological polar surface area (TPSA) is 65.7 Å². The first-order valence-electron chi connectivity index (χ1n) is 9.89. The minimum atomic E-state index is -0.363. The molecule has 1 aromatic heterocycles. The molecule has 0 atom stereocenters. The molecule has 3 aromatic carbocycles. The second-order valence-electron chi connectivity index (χ2n) is 7.07. The molecule has 152 valence electrons. The summed E-state index contributed by atoms with van der Waals surface area (Å²) in [6.07, 6.45) is 0.0334. The molecule has 0 spiro atoms. The van der Waals surface area contributed by atoms with E-state index in [1.54, 1.807) is 31.2 Å². The van der Waals surface area contributed by atoms with Gasteiger partial charge in [-0.2, -0.15) is 0 Å². The van der Waals surface area contributed by atoms with Crippen molar-refractivity contribution in [2.45, 2.75) is 26.9 Å². The van der Waals surface area contributed by atoms with Gasteiger partial charge in [-0.05, 0) is 37.1 Å². The van der Waals surface area contributed by atoms with Crippen LogP contribution in [0.4, 0.5) is 0 Å². The van der Waals surface area contributed by atoms with Crippen LogP contribution in [0.2, 0.25) is 0 Å². The van der Waals surface area contributed by atoms with Gasteiger partial charge in [-0.15, -0.1) is 0 Å². The number of carbonyl (C=O) groups is 1. The summed E-state index contributed by atoms with van der Waals surface area (Å²) in [6, 6.07) is 18.6. The first-order chi connectivity index (χ1) is 14.6. The van der Waals surface area contributed by atoms with Gasteiger partial charge in [0, 0.05) is 5.56 Å². The van der Waals surface area contributed by atoms with E-state index < -0.39 is 0 Å². The van der Waals surface area contributed by atoms with Crippen molar-refractivity contribution in [3.8, 4) is 5.75 Å². The average Bonchev–Trinajstić information content (AvgIpc) is 2.75. The quantitative estimate of drug-likeness (QED) is 0.338. The summed E-state index contributed by atoms with van der Waals surface area (Å²) in [5.41, 5.74) is 3.11. The molecular formula is C25H22O5. The maximum Gasteiger partial charge on any atom is 0.310 e. The summed E-state index contributed by atoms with van der Waals surface area (Å²) in [5, 5.41) is 0.881. The molecule has 1 heterocycles. The number of hydrogen-bond donors (Lipinski definition) is 0. The average molecular weight is 402 g/mol. The Morgan fingerprint density at radius 3 is 2.47 bits per heavy atom. The lowest BCUT2D eigenvalue weighted by Gasteiger charge is -2.13. The maximum atomic E-state index is 13.2. The normalized spacial score (nSPS) is 11.0. The fourth-order valence-electron chi connectivity index (χ4n) is 3.49. The van der Waals surface area contributed by atoms with Crippen molar-refractivity contribution in [3.05, 3.63) is 87.6 Å². The van der Waals surface area contributed by atoms with Crippen LogP contribution in [-0.2, 0) is 22.6 Å². The van der Waals surface area contributed by atoms with Crippen LogP contribution in [0.15, 0.2) is 69.9 Å². The van der Waals surface area contributed by atoms with Gasteiger partial charge in [-0.1, -0.05) is 48.5 Å². The second kappa shape index (κ2) is 8.41. The molecular weight excluding hydrogens is 380 g/mol. The number of rotatable bonds is 6. The number of ether oxygens (including phenoxy) is 2. The lowest BCUT2D eigenvalue weighted by Crippen LogP contribution is -2.10. The van der Waals surface area contributed by atoms with E-state index in [0.29, 0.717) is 46.5 Å². The van der Waals surface area contributed by atoms with Crippen molar-refractivity contribution in [1.82, 2.24) is 0 Å². The van der Waals surface area contributed by atoms with Crippen LogP contribution in [0.3, 0.4) is 0 Å². The van der Waals surface area contributed by atoms with Crippen LogP contribution < -0.4 is 10.2 Å². The molecule has 5 heteroatoms. The van der Waals surface area contributed by atoms with E-state index in [1.165, 1.54) is 0 Å². The molecule has 4 aromatic rings. The van der Waals surface area contributed by atoms with Gasteiger partial charge < -0.3 is 13.9 Å². The zero-order valence-electron chi connectivity index (χ0n) is 16.9. The summed E-state index contributed by atoms with van der Waals surface area (Å²) < 4.78 is 17.3. The van der Waals surface area contributed by atoms with Gasteiger partial charge in [0.1, 0.15) is 12.2 Å². The number of benzene rings is 3. The molecule has 0 saturated heterocycles. The van der Waals surface area contributed by atoms with Crippen LogP contribution in [0, 0.1) is 6.92 Å². The monoisotopic (exact) mass is 402 g/mol. The van der Waals surface area contributed by atoms with Gasteiger partial charge >= 0.3 is 5.97 Å². The van der Waals surface area contributed by atoms with Crippen LogP contribution in [0.5, 0.6) is 5.75 Å². The van der Waals surface area contributed by atoms with Crippen molar-refractivity contribution in [3.63, 3.8) is 0 Å². The number of para-hydroxylation sites is 1. The Morgan fingerprint density at radius 1 is 0.933 bits per heavy atom. The van der Waals surface area contributed by atoms with Crippen LogP contribution in [-0.4, -0.2) is 12.6 Å². The Bertz CT molecular complexity index is 1270. The van der Waals surface area contributed by atoms with E-state index in [0.717, 1.165) is 11.1 Å². The standard InChI is InChI=1S/C25H22O5/c1-3-28-21(26)14-18-10-7-11-19-22(27)20-13-12-16(2)23(25(20)30-24(18)19)29-15-17-8-5-4-6-9-17/h4-13H,3,14-15H2,1-2H3. The smallest absolute Gasteiger partial charge is 0.310 e. The highest BCUT2D eigenvalue weighted by Crippen LogP contribution is 2.32. The summed E-state index contributed by atoms with van der Waals surface area (Å²) in [7, 11) is 0. The third-order valence-electron chi connectivity index (χ3n) is 4.97. The molecule has 4 rings (SSSR count). The number of fused-ring (bicyclic) bond motifs is 2. The van der Waals surface area contributed by atoms with Gasteiger partial charge in [-0.3, -0.25) is 9.59 Å². The molecule has 0 bridgehead atoms. The molecule has 30 heavy (non-hydrogen) atoms. The fourth-order valence-corrected chi connectivity index (χ4v) is 3.49. The summed E-state index contributed by atoms with van der Waals surface area (Å²) in [6.45, 7) is 4.32. The van der Waals surface area contributed by atoms with Crippen LogP contribution >= 0.6 is 0 Å². The predicted molar refractivity (Wildman–Crippen MR) is 116 cm³/mol. The summed E-state index contributed by atoms with van der Waals surface area (Å²) in [5.74, 6) is 0.166. The zero-order valence-corrected chi connectivity index (χ0v) is 16.9. The first-order valence-corrected chi connectivity index (χ1v) is 9.89. The molecule has 0 N–H and O–H groups in total. The van der Waals surface area contributed by atoms with Gasteiger partial charge in [0.05, 0.1) is 23.8 Å². The largest absolute Gasteiger partial charge is 0.485 e. The summed E-state index contributed by atoms with van der Waals surface area (Å²) in [4.78, 5) is 25.2. The molecule has 0 unspecified atom stereocenters. The molecule has 0 aliphatic rings. The van der Waals surface area contributed by atoms with Crippen LogP contribution in [0.1, 0.15) is 23.6 Å². The molecule has 0 aliphatic heterocycles. The fraction of sp³-hybridized carbons (Fsp3) is 0.200. The van der Waals surface area contributed by atoms with Gasteiger partial charge in [-0.25, -0.2) is 0 Å². The number of carbonyl (C=O) groups excluding carboxylic acids is 1. The van der Waals surface area contributed by atoms with Gasteiger partial charge in [0.25, 0.3) is 0 Å². The highest BCUT2D eigenvalue weighted by Gasteiger charge is 2.17. The molecule has 0 fully saturated rings. The Balaban J connectivity index is 1.85. The third kappa shape index (κ3) is 3.79. The number of aryl methyl sites for hydroxylation is 1. The van der Waals surface area contributed by atoms with E-state index in [2.05, 4.69) is 0 Å². The zero-order chi connectivity index (χ0) is 21.1. The first kappa shape index (κ1) is 19.7. The van der Waals surface area contributed by atoms with E-state index >= 15 is 0 Å². The van der Waals surface area contributed by atoms with Crippen molar-refractivity contribution in [2.24, 2.45) is 0 Å². The van der Waals surface area contributed by atoms with Crippen molar-refractivity contribution in [2.75, 3.05) is 6.61 Å². The van der Waals surface area contributed by atoms with E-state index in [1.807, 2.05) is 43.3 Å². The van der Waals surface area contributed by atoms with Gasteiger partial charge in [0.2, 0.25) is 5.43 Å². The number of esters is 1. The molecule has 0 amide bonds. The van der Waals surface area contributed by atoms with Gasteiger partial charge in [0.15, 0.2) is 11.3 Å². The lowest BCUT2D eigenvalue weighted by atomic mass is 10.0. The van der Waals surface area contributed by atoms with Crippen molar-refractivity contribution >= 4 is 27.9 Å². The molecule has 0 saturated carbocycles. The minimum Gasteiger partial charge on any atom is -0.485 e. The molecule has 5 nitrogen and oxygen atoms in total.